The first-order valence-corrected chi connectivity index (χ1v) is 8.93. The number of carbonyl (C=O) groups is 1. The van der Waals surface area contributed by atoms with Gasteiger partial charge in [-0.15, -0.1) is 0 Å². The van der Waals surface area contributed by atoms with E-state index in [-0.39, 0.29) is 18.6 Å². The van der Waals surface area contributed by atoms with Crippen LogP contribution in [0, 0.1) is 0 Å². The van der Waals surface area contributed by atoms with Crippen molar-refractivity contribution < 1.29 is 14.3 Å². The fourth-order valence-corrected chi connectivity index (χ4v) is 3.77. The predicted molar refractivity (Wildman–Crippen MR) is 96.1 cm³/mol. The number of imidazole rings is 1. The largest absolute Gasteiger partial charge is 0.485 e. The molecule has 2 aromatic carbocycles. The summed E-state index contributed by atoms with van der Waals surface area (Å²) in [5, 5.41) is 0. The van der Waals surface area contributed by atoms with Crippen molar-refractivity contribution in [1.29, 1.82) is 0 Å². The van der Waals surface area contributed by atoms with Gasteiger partial charge in [-0.25, -0.2) is 4.98 Å². The molecule has 0 spiro atoms. The second-order valence-corrected chi connectivity index (χ2v) is 6.69. The number of carbonyl (C=O) groups excluding carboxylic acids is 1. The highest BCUT2D eigenvalue weighted by molar-refractivity contribution is 5.83. The Morgan fingerprint density at radius 1 is 1.12 bits per heavy atom. The van der Waals surface area contributed by atoms with Gasteiger partial charge >= 0.3 is 0 Å². The van der Waals surface area contributed by atoms with Crippen LogP contribution < -0.4 is 9.47 Å². The SMILES string of the molecule is O=C(C1COc2ccccc2O1)N1CCCC1c1nc2ccccc2[nH]1. The van der Waals surface area contributed by atoms with E-state index in [1.54, 1.807) is 0 Å². The summed E-state index contributed by atoms with van der Waals surface area (Å²) in [4.78, 5) is 23.0. The van der Waals surface area contributed by atoms with Gasteiger partial charge in [0.25, 0.3) is 5.91 Å². The highest BCUT2D eigenvalue weighted by Gasteiger charge is 2.38. The molecule has 1 N–H and O–H groups in total. The van der Waals surface area contributed by atoms with Crippen LogP contribution in [-0.2, 0) is 4.79 Å². The standard InChI is InChI=1S/C20H19N3O3/c24-20(18-12-25-16-9-3-4-10-17(16)26-18)23-11-5-8-15(23)19-21-13-6-1-2-7-14(13)22-19/h1-4,6-7,9-10,15,18H,5,8,11-12H2,(H,21,22). The van der Waals surface area contributed by atoms with Gasteiger partial charge < -0.3 is 19.4 Å². The Bertz CT molecular complexity index is 935. The lowest BCUT2D eigenvalue weighted by Gasteiger charge is -2.31. The highest BCUT2D eigenvalue weighted by atomic mass is 16.6. The van der Waals surface area contributed by atoms with E-state index in [1.165, 1.54) is 0 Å². The molecule has 2 aliphatic heterocycles. The maximum atomic E-state index is 13.1. The number of hydrogen-bond acceptors (Lipinski definition) is 4. The van der Waals surface area contributed by atoms with Crippen molar-refractivity contribution in [3.05, 3.63) is 54.4 Å². The van der Waals surface area contributed by atoms with Crippen molar-refractivity contribution in [2.45, 2.75) is 25.0 Å². The number of ether oxygens (including phenoxy) is 2. The molecular weight excluding hydrogens is 330 g/mol. The number of rotatable bonds is 2. The molecule has 1 amide bonds. The second kappa shape index (κ2) is 6.05. The summed E-state index contributed by atoms with van der Waals surface area (Å²) >= 11 is 0. The van der Waals surface area contributed by atoms with Gasteiger partial charge in [-0.2, -0.15) is 0 Å². The molecule has 26 heavy (non-hydrogen) atoms. The summed E-state index contributed by atoms with van der Waals surface area (Å²) in [6, 6.07) is 15.3. The van der Waals surface area contributed by atoms with Crippen LogP contribution in [0.5, 0.6) is 11.5 Å². The van der Waals surface area contributed by atoms with Gasteiger partial charge in [0.05, 0.1) is 17.1 Å². The maximum absolute atomic E-state index is 13.1. The van der Waals surface area contributed by atoms with E-state index in [4.69, 9.17) is 9.47 Å². The first kappa shape index (κ1) is 15.3. The Balaban J connectivity index is 1.39. The monoisotopic (exact) mass is 349 g/mol. The highest BCUT2D eigenvalue weighted by Crippen LogP contribution is 2.35. The average molecular weight is 349 g/mol. The summed E-state index contributed by atoms with van der Waals surface area (Å²) in [6.07, 6.45) is 1.24. The normalized spacial score (nSPS) is 21.9. The van der Waals surface area contributed by atoms with Gasteiger partial charge in [0, 0.05) is 6.54 Å². The first-order chi connectivity index (χ1) is 12.8. The third kappa shape index (κ3) is 2.49. The van der Waals surface area contributed by atoms with Crippen LogP contribution in [0.4, 0.5) is 0 Å². The number of amides is 1. The lowest BCUT2D eigenvalue weighted by atomic mass is 10.2. The zero-order chi connectivity index (χ0) is 17.5. The van der Waals surface area contributed by atoms with Gasteiger partial charge in [-0.05, 0) is 37.1 Å². The average Bonchev–Trinajstić information content (AvgIpc) is 3.33. The summed E-state index contributed by atoms with van der Waals surface area (Å²) in [5.74, 6) is 2.11. The van der Waals surface area contributed by atoms with Crippen LogP contribution in [0.1, 0.15) is 24.7 Å². The minimum absolute atomic E-state index is 0.0394. The molecule has 0 bridgehead atoms. The lowest BCUT2D eigenvalue weighted by Crippen LogP contribution is -2.46. The van der Waals surface area contributed by atoms with E-state index in [0.29, 0.717) is 18.0 Å². The van der Waals surface area contributed by atoms with Crippen LogP contribution in [0.3, 0.4) is 0 Å². The summed E-state index contributed by atoms with van der Waals surface area (Å²) in [5.41, 5.74) is 1.92. The molecule has 0 saturated carbocycles. The Morgan fingerprint density at radius 3 is 2.81 bits per heavy atom. The number of aromatic amines is 1. The zero-order valence-corrected chi connectivity index (χ0v) is 14.2. The van der Waals surface area contributed by atoms with Gasteiger partial charge in [-0.3, -0.25) is 4.79 Å². The molecule has 3 aromatic rings. The van der Waals surface area contributed by atoms with Crippen LogP contribution in [0.25, 0.3) is 11.0 Å². The van der Waals surface area contributed by atoms with Crippen LogP contribution in [0.15, 0.2) is 48.5 Å². The summed E-state index contributed by atoms with van der Waals surface area (Å²) < 4.78 is 11.6. The van der Waals surface area contributed by atoms with Gasteiger partial charge in [0.1, 0.15) is 12.4 Å². The number of benzene rings is 2. The molecule has 132 valence electrons. The number of hydrogen-bond donors (Lipinski definition) is 1. The topological polar surface area (TPSA) is 67.5 Å². The Kier molecular flexibility index (Phi) is 3.55. The minimum atomic E-state index is -0.616. The van der Waals surface area contributed by atoms with Crippen molar-refractivity contribution in [2.24, 2.45) is 0 Å². The van der Waals surface area contributed by atoms with Crippen molar-refractivity contribution in [1.82, 2.24) is 14.9 Å². The van der Waals surface area contributed by atoms with Crippen molar-refractivity contribution in [3.8, 4) is 11.5 Å². The third-order valence-electron chi connectivity index (χ3n) is 5.04. The predicted octanol–water partition coefficient (Wildman–Crippen LogP) is 3.07. The van der Waals surface area contributed by atoms with Gasteiger partial charge in [-0.1, -0.05) is 24.3 Å². The van der Waals surface area contributed by atoms with E-state index in [2.05, 4.69) is 9.97 Å². The van der Waals surface area contributed by atoms with Gasteiger partial charge in [0.15, 0.2) is 11.5 Å². The van der Waals surface area contributed by atoms with Crippen LogP contribution >= 0.6 is 0 Å². The van der Waals surface area contributed by atoms with Crippen LogP contribution in [-0.4, -0.2) is 40.0 Å². The molecule has 2 atom stereocenters. The molecule has 1 fully saturated rings. The molecule has 3 heterocycles. The second-order valence-electron chi connectivity index (χ2n) is 6.69. The van der Waals surface area contributed by atoms with E-state index < -0.39 is 6.10 Å². The molecule has 0 radical (unpaired) electrons. The van der Waals surface area contributed by atoms with E-state index in [9.17, 15) is 4.79 Å². The van der Waals surface area contributed by atoms with Crippen molar-refractivity contribution >= 4 is 16.9 Å². The quantitative estimate of drug-likeness (QED) is 0.772. The zero-order valence-electron chi connectivity index (χ0n) is 14.2. The smallest absolute Gasteiger partial charge is 0.267 e. The number of H-pyrrole nitrogens is 1. The molecule has 5 rings (SSSR count). The van der Waals surface area contributed by atoms with Crippen LogP contribution in [0.2, 0.25) is 0 Å². The van der Waals surface area contributed by atoms with E-state index >= 15 is 0 Å². The lowest BCUT2D eigenvalue weighted by molar-refractivity contribution is -0.142. The fraction of sp³-hybridized carbons (Fsp3) is 0.300. The number of nitrogens with one attached hydrogen (secondary N) is 1. The molecule has 1 aromatic heterocycles. The molecular formula is C20H19N3O3. The van der Waals surface area contributed by atoms with Crippen molar-refractivity contribution in [2.75, 3.05) is 13.2 Å². The third-order valence-corrected chi connectivity index (χ3v) is 5.04. The number of nitrogens with zero attached hydrogens (tertiary/aromatic N) is 2. The Morgan fingerprint density at radius 2 is 1.92 bits per heavy atom. The fourth-order valence-electron chi connectivity index (χ4n) is 3.77. The first-order valence-electron chi connectivity index (χ1n) is 8.93. The Labute approximate surface area is 150 Å². The van der Waals surface area contributed by atoms with Crippen molar-refractivity contribution in [3.63, 3.8) is 0 Å². The molecule has 2 aliphatic rings. The Hall–Kier alpha value is -3.02. The maximum Gasteiger partial charge on any atom is 0.267 e. The van der Waals surface area contributed by atoms with E-state index in [0.717, 1.165) is 29.7 Å². The minimum Gasteiger partial charge on any atom is -0.485 e. The number of para-hydroxylation sites is 4. The molecule has 0 aliphatic carbocycles. The number of likely N-dealkylation sites (tertiary alicyclic amines) is 1. The van der Waals surface area contributed by atoms with E-state index in [1.807, 2.05) is 53.4 Å². The summed E-state index contributed by atoms with van der Waals surface area (Å²) in [7, 11) is 0. The number of aromatic nitrogens is 2. The number of fused-ring (bicyclic) bond motifs is 2. The molecule has 6 nitrogen and oxygen atoms in total. The summed E-state index contributed by atoms with van der Waals surface area (Å²) in [6.45, 7) is 0.946. The molecule has 6 heteroatoms. The molecule has 2 unspecified atom stereocenters. The van der Waals surface area contributed by atoms with Gasteiger partial charge in [0.2, 0.25) is 6.10 Å². The molecule has 1 saturated heterocycles.